The van der Waals surface area contributed by atoms with Crippen LogP contribution in [-0.2, 0) is 14.9 Å². The van der Waals surface area contributed by atoms with Gasteiger partial charge >= 0.3 is 7.12 Å². The first-order valence-electron chi connectivity index (χ1n) is 9.13. The lowest BCUT2D eigenvalue weighted by molar-refractivity contribution is -0.0114. The van der Waals surface area contributed by atoms with Gasteiger partial charge < -0.3 is 19.7 Å². The third-order valence-electron chi connectivity index (χ3n) is 6.48. The van der Waals surface area contributed by atoms with Crippen molar-refractivity contribution in [2.24, 2.45) is 0 Å². The molecule has 2 atom stereocenters. The lowest BCUT2D eigenvalue weighted by Crippen LogP contribution is -2.46. The summed E-state index contributed by atoms with van der Waals surface area (Å²) in [7, 11) is -0.345. The van der Waals surface area contributed by atoms with Crippen LogP contribution in [0.4, 0.5) is 0 Å². The molecule has 1 aromatic rings. The van der Waals surface area contributed by atoms with E-state index in [-0.39, 0.29) is 18.3 Å². The van der Waals surface area contributed by atoms with E-state index in [2.05, 4.69) is 33.0 Å². The second kappa shape index (κ2) is 5.31. The summed E-state index contributed by atoms with van der Waals surface area (Å²) in [5.41, 5.74) is 0.663. The fourth-order valence-corrected chi connectivity index (χ4v) is 4.29. The SMILES string of the molecule is CC1(C)OB(c2ccc(C3(O)CC4CCC(C3)N4)cc2)OC1(C)C. The molecule has 5 heteroatoms. The van der Waals surface area contributed by atoms with Gasteiger partial charge in [0.1, 0.15) is 0 Å². The lowest BCUT2D eigenvalue weighted by atomic mass is 9.76. The van der Waals surface area contributed by atoms with Crippen molar-refractivity contribution in [2.45, 2.75) is 82.3 Å². The van der Waals surface area contributed by atoms with E-state index < -0.39 is 5.60 Å². The number of hydrogen-bond donors (Lipinski definition) is 2. The van der Waals surface area contributed by atoms with Crippen LogP contribution < -0.4 is 10.8 Å². The highest BCUT2D eigenvalue weighted by Crippen LogP contribution is 2.41. The van der Waals surface area contributed by atoms with E-state index in [0.29, 0.717) is 12.1 Å². The monoisotopic (exact) mass is 329 g/mol. The van der Waals surface area contributed by atoms with Gasteiger partial charge in [-0.25, -0.2) is 0 Å². The van der Waals surface area contributed by atoms with Crippen LogP contribution in [-0.4, -0.2) is 35.5 Å². The van der Waals surface area contributed by atoms with Crippen LogP contribution in [0.1, 0.15) is 58.9 Å². The van der Waals surface area contributed by atoms with Gasteiger partial charge in [-0.3, -0.25) is 0 Å². The molecule has 0 amide bonds. The van der Waals surface area contributed by atoms with E-state index >= 15 is 0 Å². The molecule has 2 bridgehead atoms. The zero-order chi connectivity index (χ0) is 17.2. The highest BCUT2D eigenvalue weighted by molar-refractivity contribution is 6.62. The Morgan fingerprint density at radius 3 is 1.96 bits per heavy atom. The van der Waals surface area contributed by atoms with Gasteiger partial charge in [-0.15, -0.1) is 0 Å². The summed E-state index contributed by atoms with van der Waals surface area (Å²) in [6.07, 6.45) is 3.97. The first-order valence-corrected chi connectivity index (χ1v) is 9.13. The Balaban J connectivity index is 1.54. The molecule has 3 heterocycles. The standard InChI is InChI=1S/C19H28BNO3/c1-17(2)18(3,4)24-20(23-17)14-7-5-13(6-8-14)19(22)11-15-9-10-16(12-19)21-15/h5-8,15-16,21-22H,9-12H2,1-4H3. The molecule has 2 N–H and O–H groups in total. The highest BCUT2D eigenvalue weighted by atomic mass is 16.7. The van der Waals surface area contributed by atoms with E-state index in [1.807, 2.05) is 24.3 Å². The van der Waals surface area contributed by atoms with E-state index in [4.69, 9.17) is 9.31 Å². The molecule has 3 saturated heterocycles. The van der Waals surface area contributed by atoms with Crippen LogP contribution in [0.15, 0.2) is 24.3 Å². The Morgan fingerprint density at radius 1 is 0.958 bits per heavy atom. The molecule has 0 aliphatic carbocycles. The molecule has 2 unspecified atom stereocenters. The van der Waals surface area contributed by atoms with Crippen molar-refractivity contribution in [1.82, 2.24) is 5.32 Å². The smallest absolute Gasteiger partial charge is 0.399 e. The zero-order valence-electron chi connectivity index (χ0n) is 15.1. The first-order chi connectivity index (χ1) is 11.2. The zero-order valence-corrected chi connectivity index (χ0v) is 15.1. The normalized spacial score (nSPS) is 37.0. The number of aliphatic hydroxyl groups is 1. The predicted molar refractivity (Wildman–Crippen MR) is 95.2 cm³/mol. The molecule has 4 nitrogen and oxygen atoms in total. The molecular formula is C19H28BNO3. The molecule has 0 saturated carbocycles. The van der Waals surface area contributed by atoms with Gasteiger partial charge in [0.15, 0.2) is 0 Å². The number of benzene rings is 1. The van der Waals surface area contributed by atoms with Crippen LogP contribution in [0.25, 0.3) is 0 Å². The number of piperidine rings is 1. The fraction of sp³-hybridized carbons (Fsp3) is 0.684. The van der Waals surface area contributed by atoms with Gasteiger partial charge in [0.05, 0.1) is 16.8 Å². The second-order valence-electron chi connectivity index (χ2n) is 8.79. The summed E-state index contributed by atoms with van der Waals surface area (Å²) in [5, 5.41) is 14.7. The topological polar surface area (TPSA) is 50.7 Å². The van der Waals surface area contributed by atoms with Crippen LogP contribution in [0.3, 0.4) is 0 Å². The minimum atomic E-state index is -0.703. The largest absolute Gasteiger partial charge is 0.494 e. The van der Waals surface area contributed by atoms with Crippen LogP contribution >= 0.6 is 0 Å². The molecule has 0 radical (unpaired) electrons. The summed E-state index contributed by atoms with van der Waals surface area (Å²) in [5.74, 6) is 0. The molecule has 130 valence electrons. The Bertz CT molecular complexity index is 600. The summed E-state index contributed by atoms with van der Waals surface area (Å²) in [4.78, 5) is 0. The summed E-state index contributed by atoms with van der Waals surface area (Å²) in [6.45, 7) is 8.26. The van der Waals surface area contributed by atoms with Gasteiger partial charge in [-0.05, 0) is 64.4 Å². The van der Waals surface area contributed by atoms with Gasteiger partial charge in [-0.2, -0.15) is 0 Å². The molecule has 3 aliphatic rings. The molecule has 3 fully saturated rings. The van der Waals surface area contributed by atoms with Gasteiger partial charge in [0.25, 0.3) is 0 Å². The Labute approximate surface area is 145 Å². The fourth-order valence-electron chi connectivity index (χ4n) is 4.29. The van der Waals surface area contributed by atoms with Crippen molar-refractivity contribution in [1.29, 1.82) is 0 Å². The number of nitrogens with one attached hydrogen (secondary N) is 1. The molecular weight excluding hydrogens is 301 g/mol. The van der Waals surface area contributed by atoms with Crippen LogP contribution in [0, 0.1) is 0 Å². The summed E-state index contributed by atoms with van der Waals surface area (Å²) >= 11 is 0. The average molecular weight is 329 g/mol. The molecule has 0 aromatic heterocycles. The predicted octanol–water partition coefficient (Wildman–Crippen LogP) is 2.09. The minimum Gasteiger partial charge on any atom is -0.399 e. The minimum absolute atomic E-state index is 0.331. The first kappa shape index (κ1) is 16.6. The van der Waals surface area contributed by atoms with Gasteiger partial charge in [-0.1, -0.05) is 24.3 Å². The average Bonchev–Trinajstić information content (AvgIpc) is 2.95. The summed E-state index contributed by atoms with van der Waals surface area (Å²) in [6, 6.07) is 9.09. The number of fused-ring (bicyclic) bond motifs is 2. The Kier molecular flexibility index (Phi) is 3.67. The number of hydrogen-bond acceptors (Lipinski definition) is 4. The molecule has 1 aromatic carbocycles. The maximum atomic E-state index is 11.1. The molecule has 0 spiro atoms. The summed E-state index contributed by atoms with van der Waals surface area (Å²) < 4.78 is 12.2. The Morgan fingerprint density at radius 2 is 1.46 bits per heavy atom. The van der Waals surface area contributed by atoms with E-state index in [1.54, 1.807) is 0 Å². The van der Waals surface area contributed by atoms with Crippen molar-refractivity contribution in [2.75, 3.05) is 0 Å². The van der Waals surface area contributed by atoms with Crippen LogP contribution in [0.2, 0.25) is 0 Å². The Hall–Kier alpha value is -0.875. The van der Waals surface area contributed by atoms with Crippen molar-refractivity contribution in [3.8, 4) is 0 Å². The third kappa shape index (κ3) is 2.62. The van der Waals surface area contributed by atoms with E-state index in [0.717, 1.165) is 23.9 Å². The van der Waals surface area contributed by atoms with Crippen molar-refractivity contribution in [3.05, 3.63) is 29.8 Å². The molecule has 24 heavy (non-hydrogen) atoms. The van der Waals surface area contributed by atoms with Crippen molar-refractivity contribution < 1.29 is 14.4 Å². The second-order valence-corrected chi connectivity index (χ2v) is 8.79. The highest BCUT2D eigenvalue weighted by Gasteiger charge is 2.51. The maximum Gasteiger partial charge on any atom is 0.494 e. The van der Waals surface area contributed by atoms with Gasteiger partial charge in [0, 0.05) is 12.1 Å². The number of rotatable bonds is 2. The van der Waals surface area contributed by atoms with Crippen LogP contribution in [0.5, 0.6) is 0 Å². The molecule has 4 rings (SSSR count). The van der Waals surface area contributed by atoms with E-state index in [9.17, 15) is 5.11 Å². The third-order valence-corrected chi connectivity index (χ3v) is 6.48. The van der Waals surface area contributed by atoms with Crippen molar-refractivity contribution >= 4 is 12.6 Å². The maximum absolute atomic E-state index is 11.1. The van der Waals surface area contributed by atoms with Crippen molar-refractivity contribution in [3.63, 3.8) is 0 Å². The molecule has 3 aliphatic heterocycles. The van der Waals surface area contributed by atoms with Gasteiger partial charge in [0.2, 0.25) is 0 Å². The van der Waals surface area contributed by atoms with E-state index in [1.165, 1.54) is 12.8 Å². The quantitative estimate of drug-likeness (QED) is 0.816. The lowest BCUT2D eigenvalue weighted by Gasteiger charge is -2.37.